The molecule has 1 heterocycles. The predicted molar refractivity (Wildman–Crippen MR) is 62.5 cm³/mol. The topological polar surface area (TPSA) is 34.5 Å². The highest BCUT2D eigenvalue weighted by Gasteiger charge is 2.08. The van der Waals surface area contributed by atoms with Gasteiger partial charge in [0.1, 0.15) is 5.82 Å². The fourth-order valence-corrected chi connectivity index (χ4v) is 2.10. The number of esters is 1. The van der Waals surface area contributed by atoms with Gasteiger partial charge in [0.25, 0.3) is 0 Å². The van der Waals surface area contributed by atoms with Crippen LogP contribution in [0.5, 0.6) is 0 Å². The lowest BCUT2D eigenvalue weighted by Gasteiger charge is -2.14. The lowest BCUT2D eigenvalue weighted by Crippen LogP contribution is -2.13. The van der Waals surface area contributed by atoms with Crippen LogP contribution in [0.1, 0.15) is 0 Å². The van der Waals surface area contributed by atoms with E-state index in [4.69, 9.17) is 0 Å². The van der Waals surface area contributed by atoms with Crippen LogP contribution in [-0.4, -0.2) is 37.5 Å². The Kier molecular flexibility index (Phi) is 4.08. The number of methoxy groups -OCH3 is 1. The molecule has 1 rings (SSSR count). The lowest BCUT2D eigenvalue weighted by molar-refractivity contribution is -0.137. The van der Waals surface area contributed by atoms with Gasteiger partial charge in [-0.25, -0.2) is 0 Å². The van der Waals surface area contributed by atoms with E-state index in [0.717, 1.165) is 10.8 Å². The largest absolute Gasteiger partial charge is 0.468 e. The van der Waals surface area contributed by atoms with E-state index in [2.05, 4.69) is 4.74 Å². The van der Waals surface area contributed by atoms with Gasteiger partial charge in [-0.2, -0.15) is 0 Å². The zero-order valence-electron chi connectivity index (χ0n) is 9.48. The number of anilines is 1. The number of rotatable bonds is 4. The van der Waals surface area contributed by atoms with Crippen LogP contribution in [0.25, 0.3) is 0 Å². The second-order valence-corrected chi connectivity index (χ2v) is 4.34. The third-order valence-electron chi connectivity index (χ3n) is 2.07. The second kappa shape index (κ2) is 5.11. The standard InChI is InChI=1S/C10H16N2O2S/c1-11(2)8-5-6-9(12(8)3)15-7-10(13)14-4/h5-6H,7H2,1-4H3. The van der Waals surface area contributed by atoms with Crippen LogP contribution in [0.15, 0.2) is 17.2 Å². The highest BCUT2D eigenvalue weighted by Crippen LogP contribution is 2.24. The highest BCUT2D eigenvalue weighted by atomic mass is 32.2. The predicted octanol–water partition coefficient (Wildman–Crippen LogP) is 1.36. The summed E-state index contributed by atoms with van der Waals surface area (Å²) in [6, 6.07) is 4.03. The first-order valence-corrected chi connectivity index (χ1v) is 5.57. The molecule has 1 aromatic rings. The first-order chi connectivity index (χ1) is 7.06. The summed E-state index contributed by atoms with van der Waals surface area (Å²) in [5.41, 5.74) is 0. The van der Waals surface area contributed by atoms with E-state index >= 15 is 0 Å². The maximum atomic E-state index is 11.0. The van der Waals surface area contributed by atoms with Gasteiger partial charge >= 0.3 is 5.97 Å². The van der Waals surface area contributed by atoms with Gasteiger partial charge in [-0.1, -0.05) is 11.8 Å². The summed E-state index contributed by atoms with van der Waals surface area (Å²) in [4.78, 5) is 13.0. The molecule has 0 fully saturated rings. The number of carbonyl (C=O) groups excluding carboxylic acids is 1. The number of nitrogens with zero attached hydrogens (tertiary/aromatic N) is 2. The van der Waals surface area contributed by atoms with Crippen LogP contribution >= 0.6 is 11.8 Å². The molecule has 0 saturated heterocycles. The number of thioether (sulfide) groups is 1. The minimum atomic E-state index is -0.201. The molecule has 0 unspecified atom stereocenters. The van der Waals surface area contributed by atoms with Crippen molar-refractivity contribution in [1.82, 2.24) is 4.57 Å². The number of ether oxygens (including phenoxy) is 1. The first kappa shape index (κ1) is 12.0. The van der Waals surface area contributed by atoms with E-state index < -0.39 is 0 Å². The molecule has 0 aliphatic heterocycles. The quantitative estimate of drug-likeness (QED) is 0.575. The Morgan fingerprint density at radius 2 is 2.20 bits per heavy atom. The van der Waals surface area contributed by atoms with Crippen molar-refractivity contribution in [3.05, 3.63) is 12.1 Å². The summed E-state index contributed by atoms with van der Waals surface area (Å²) in [6.45, 7) is 0. The minimum absolute atomic E-state index is 0.201. The molecule has 0 aliphatic rings. The Labute approximate surface area is 94.2 Å². The maximum Gasteiger partial charge on any atom is 0.316 e. The van der Waals surface area contributed by atoms with Gasteiger partial charge in [-0.05, 0) is 12.1 Å². The Hall–Kier alpha value is -1.10. The van der Waals surface area contributed by atoms with Gasteiger partial charge in [0.2, 0.25) is 0 Å². The molecular weight excluding hydrogens is 212 g/mol. The summed E-state index contributed by atoms with van der Waals surface area (Å²) in [5, 5.41) is 1.06. The van der Waals surface area contributed by atoms with Crippen LogP contribution < -0.4 is 4.90 Å². The zero-order valence-corrected chi connectivity index (χ0v) is 10.3. The van der Waals surface area contributed by atoms with Crippen LogP contribution in [0.3, 0.4) is 0 Å². The molecule has 0 radical (unpaired) electrons. The number of hydrogen-bond donors (Lipinski definition) is 0. The Balaban J connectivity index is 2.67. The molecule has 0 aliphatic carbocycles. The van der Waals surface area contributed by atoms with Crippen molar-refractivity contribution in [3.8, 4) is 0 Å². The molecular formula is C10H16N2O2S. The molecule has 84 valence electrons. The molecule has 1 aromatic heterocycles. The summed E-state index contributed by atoms with van der Waals surface area (Å²) in [7, 11) is 7.36. The SMILES string of the molecule is COC(=O)CSc1ccc(N(C)C)n1C. The summed E-state index contributed by atoms with van der Waals surface area (Å²) in [6.07, 6.45) is 0. The van der Waals surface area contributed by atoms with Gasteiger partial charge in [0.05, 0.1) is 17.9 Å². The van der Waals surface area contributed by atoms with E-state index in [1.165, 1.54) is 18.9 Å². The van der Waals surface area contributed by atoms with E-state index in [1.54, 1.807) is 0 Å². The molecule has 15 heavy (non-hydrogen) atoms. The average Bonchev–Trinajstić information content (AvgIpc) is 2.56. The third-order valence-corrected chi connectivity index (χ3v) is 3.16. The third kappa shape index (κ3) is 2.92. The summed E-state index contributed by atoms with van der Waals surface area (Å²) in [5.74, 6) is 1.26. The van der Waals surface area contributed by atoms with Crippen LogP contribution in [0.2, 0.25) is 0 Å². The molecule has 0 atom stereocenters. The summed E-state index contributed by atoms with van der Waals surface area (Å²) >= 11 is 1.48. The van der Waals surface area contributed by atoms with Crippen molar-refractivity contribution in [2.75, 3.05) is 31.9 Å². The minimum Gasteiger partial charge on any atom is -0.468 e. The van der Waals surface area contributed by atoms with Crippen LogP contribution in [0, 0.1) is 0 Å². The van der Waals surface area contributed by atoms with Crippen molar-refractivity contribution in [1.29, 1.82) is 0 Å². The summed E-state index contributed by atoms with van der Waals surface area (Å²) < 4.78 is 6.64. The number of aromatic nitrogens is 1. The van der Waals surface area contributed by atoms with Crippen molar-refractivity contribution in [2.45, 2.75) is 5.03 Å². The van der Waals surface area contributed by atoms with Gasteiger partial charge in [0, 0.05) is 21.1 Å². The number of hydrogen-bond acceptors (Lipinski definition) is 4. The normalized spacial score (nSPS) is 10.1. The fraction of sp³-hybridized carbons (Fsp3) is 0.500. The molecule has 0 amide bonds. The molecule has 0 saturated carbocycles. The van der Waals surface area contributed by atoms with Gasteiger partial charge in [0.15, 0.2) is 0 Å². The molecule has 0 spiro atoms. The maximum absolute atomic E-state index is 11.0. The van der Waals surface area contributed by atoms with E-state index in [1.807, 2.05) is 42.7 Å². The highest BCUT2D eigenvalue weighted by molar-refractivity contribution is 7.99. The molecule has 5 heteroatoms. The van der Waals surface area contributed by atoms with Crippen LogP contribution in [0.4, 0.5) is 5.82 Å². The molecule has 4 nitrogen and oxygen atoms in total. The van der Waals surface area contributed by atoms with Crippen molar-refractivity contribution in [3.63, 3.8) is 0 Å². The van der Waals surface area contributed by atoms with E-state index in [-0.39, 0.29) is 5.97 Å². The monoisotopic (exact) mass is 228 g/mol. The molecule has 0 aromatic carbocycles. The zero-order chi connectivity index (χ0) is 11.4. The van der Waals surface area contributed by atoms with Crippen molar-refractivity contribution < 1.29 is 9.53 Å². The molecule has 0 N–H and O–H groups in total. The molecule has 0 bridgehead atoms. The second-order valence-electron chi connectivity index (χ2n) is 3.35. The fourth-order valence-electron chi connectivity index (χ4n) is 1.27. The lowest BCUT2D eigenvalue weighted by atomic mass is 10.6. The smallest absolute Gasteiger partial charge is 0.316 e. The van der Waals surface area contributed by atoms with E-state index in [0.29, 0.717) is 5.75 Å². The first-order valence-electron chi connectivity index (χ1n) is 4.59. The van der Waals surface area contributed by atoms with Gasteiger partial charge in [-0.15, -0.1) is 0 Å². The van der Waals surface area contributed by atoms with Crippen LogP contribution in [-0.2, 0) is 16.6 Å². The van der Waals surface area contributed by atoms with Gasteiger partial charge in [-0.3, -0.25) is 4.79 Å². The number of carbonyl (C=O) groups is 1. The Bertz CT molecular complexity index is 347. The van der Waals surface area contributed by atoms with E-state index in [9.17, 15) is 4.79 Å². The Morgan fingerprint density at radius 3 is 2.67 bits per heavy atom. The average molecular weight is 228 g/mol. The van der Waals surface area contributed by atoms with Crippen molar-refractivity contribution >= 4 is 23.5 Å². The van der Waals surface area contributed by atoms with Crippen molar-refractivity contribution in [2.24, 2.45) is 7.05 Å². The Morgan fingerprint density at radius 1 is 1.53 bits per heavy atom. The van der Waals surface area contributed by atoms with Gasteiger partial charge < -0.3 is 14.2 Å².